The molecular weight excluding hydrogens is 240 g/mol. The molecule has 2 heterocycles. The maximum absolute atomic E-state index is 13.2. The van der Waals surface area contributed by atoms with E-state index in [1.54, 1.807) is 0 Å². The van der Waals surface area contributed by atoms with Gasteiger partial charge in [0.1, 0.15) is 17.5 Å². The fourth-order valence-electron chi connectivity index (χ4n) is 2.56. The lowest BCUT2D eigenvalue weighted by molar-refractivity contribution is 0.545. The minimum atomic E-state index is -0.636. The molecule has 0 amide bonds. The molecule has 1 aromatic carbocycles. The Bertz CT molecular complexity index is 641. The van der Waals surface area contributed by atoms with E-state index in [0.717, 1.165) is 6.07 Å². The van der Waals surface area contributed by atoms with Gasteiger partial charge >= 0.3 is 5.69 Å². The fraction of sp³-hybridized carbons (Fsp3) is 0.333. The zero-order chi connectivity index (χ0) is 12.9. The number of hydrogen-bond donors (Lipinski definition) is 1. The number of benzene rings is 1. The Morgan fingerprint density at radius 2 is 2.00 bits per heavy atom. The van der Waals surface area contributed by atoms with Crippen molar-refractivity contribution in [1.82, 2.24) is 14.8 Å². The molecule has 94 valence electrons. The number of H-pyrrole nitrogens is 1. The summed E-state index contributed by atoms with van der Waals surface area (Å²) in [4.78, 5) is 11.7. The number of rotatable bonds is 1. The van der Waals surface area contributed by atoms with Crippen LogP contribution in [-0.2, 0) is 0 Å². The van der Waals surface area contributed by atoms with Gasteiger partial charge in [0.15, 0.2) is 0 Å². The SMILES string of the molecule is CC1CC(c2cc(F)cc(F)c2)n2c1n[nH]c2=O. The number of aromatic nitrogens is 3. The smallest absolute Gasteiger partial charge is 0.271 e. The first-order valence-corrected chi connectivity index (χ1v) is 5.69. The summed E-state index contributed by atoms with van der Waals surface area (Å²) >= 11 is 0. The van der Waals surface area contributed by atoms with E-state index in [0.29, 0.717) is 17.8 Å². The largest absolute Gasteiger partial charge is 0.343 e. The van der Waals surface area contributed by atoms with Crippen LogP contribution < -0.4 is 5.69 Å². The molecule has 18 heavy (non-hydrogen) atoms. The average molecular weight is 251 g/mol. The number of hydrogen-bond acceptors (Lipinski definition) is 2. The Balaban J connectivity index is 2.14. The van der Waals surface area contributed by atoms with E-state index in [-0.39, 0.29) is 17.6 Å². The van der Waals surface area contributed by atoms with Gasteiger partial charge in [0.25, 0.3) is 0 Å². The Morgan fingerprint density at radius 1 is 1.33 bits per heavy atom. The standard InChI is InChI=1S/C12H11F2N3O/c1-6-2-10(17-11(6)15-16-12(17)18)7-3-8(13)5-9(14)4-7/h3-6,10H,2H2,1H3,(H,16,18). The monoisotopic (exact) mass is 251 g/mol. The first-order chi connectivity index (χ1) is 8.56. The molecule has 1 aliphatic rings. The lowest BCUT2D eigenvalue weighted by atomic mass is 10.00. The molecule has 2 unspecified atom stereocenters. The van der Waals surface area contributed by atoms with Crippen molar-refractivity contribution in [2.24, 2.45) is 0 Å². The Labute approximate surface area is 101 Å². The van der Waals surface area contributed by atoms with Crippen LogP contribution in [0.25, 0.3) is 0 Å². The fourth-order valence-corrected chi connectivity index (χ4v) is 2.56. The molecule has 4 nitrogen and oxygen atoms in total. The van der Waals surface area contributed by atoms with Crippen LogP contribution >= 0.6 is 0 Å². The van der Waals surface area contributed by atoms with E-state index in [2.05, 4.69) is 10.2 Å². The molecule has 0 radical (unpaired) electrons. The second-order valence-corrected chi connectivity index (χ2v) is 4.61. The van der Waals surface area contributed by atoms with E-state index in [1.165, 1.54) is 16.7 Å². The van der Waals surface area contributed by atoms with E-state index in [4.69, 9.17) is 0 Å². The molecular formula is C12H11F2N3O. The van der Waals surface area contributed by atoms with Crippen molar-refractivity contribution < 1.29 is 8.78 Å². The van der Waals surface area contributed by atoms with Gasteiger partial charge in [-0.1, -0.05) is 6.92 Å². The number of fused-ring (bicyclic) bond motifs is 1. The molecule has 0 saturated carbocycles. The highest BCUT2D eigenvalue weighted by atomic mass is 19.1. The van der Waals surface area contributed by atoms with Crippen molar-refractivity contribution >= 4 is 0 Å². The van der Waals surface area contributed by atoms with E-state index < -0.39 is 11.6 Å². The van der Waals surface area contributed by atoms with Gasteiger partial charge in [0.2, 0.25) is 0 Å². The van der Waals surface area contributed by atoms with Crippen LogP contribution in [0.1, 0.15) is 36.7 Å². The summed E-state index contributed by atoms with van der Waals surface area (Å²) in [7, 11) is 0. The molecule has 0 saturated heterocycles. The van der Waals surface area contributed by atoms with E-state index in [1.807, 2.05) is 6.92 Å². The second-order valence-electron chi connectivity index (χ2n) is 4.61. The normalized spacial score (nSPS) is 22.2. The molecule has 0 aliphatic carbocycles. The first kappa shape index (κ1) is 11.1. The summed E-state index contributed by atoms with van der Waals surface area (Å²) in [6.45, 7) is 1.93. The van der Waals surface area contributed by atoms with Crippen LogP contribution in [0.2, 0.25) is 0 Å². The van der Waals surface area contributed by atoms with E-state index >= 15 is 0 Å². The first-order valence-electron chi connectivity index (χ1n) is 5.69. The molecule has 6 heteroatoms. The second kappa shape index (κ2) is 3.76. The number of nitrogens with zero attached hydrogens (tertiary/aromatic N) is 2. The van der Waals surface area contributed by atoms with Crippen molar-refractivity contribution in [1.29, 1.82) is 0 Å². The Morgan fingerprint density at radius 3 is 2.67 bits per heavy atom. The molecule has 2 atom stereocenters. The van der Waals surface area contributed by atoms with Gasteiger partial charge < -0.3 is 0 Å². The predicted molar refractivity (Wildman–Crippen MR) is 60.4 cm³/mol. The highest BCUT2D eigenvalue weighted by molar-refractivity contribution is 5.25. The summed E-state index contributed by atoms with van der Waals surface area (Å²) in [5, 5.41) is 6.30. The van der Waals surface area contributed by atoms with Gasteiger partial charge in [0, 0.05) is 12.0 Å². The third kappa shape index (κ3) is 1.56. The zero-order valence-electron chi connectivity index (χ0n) is 9.65. The molecule has 1 aromatic heterocycles. The van der Waals surface area contributed by atoms with Crippen LogP contribution in [-0.4, -0.2) is 14.8 Å². The summed E-state index contributed by atoms with van der Waals surface area (Å²) in [5.74, 6) is -0.555. The van der Waals surface area contributed by atoms with Gasteiger partial charge in [-0.3, -0.25) is 4.57 Å². The van der Waals surface area contributed by atoms with Gasteiger partial charge in [0.05, 0.1) is 6.04 Å². The Hall–Kier alpha value is -1.98. The van der Waals surface area contributed by atoms with Crippen LogP contribution in [0.5, 0.6) is 0 Å². The number of nitrogens with one attached hydrogen (secondary N) is 1. The Kier molecular flexibility index (Phi) is 2.33. The lowest BCUT2D eigenvalue weighted by Gasteiger charge is -2.12. The van der Waals surface area contributed by atoms with Crippen molar-refractivity contribution in [3.05, 3.63) is 51.7 Å². The summed E-state index contributed by atoms with van der Waals surface area (Å²) < 4.78 is 27.9. The number of aromatic amines is 1. The summed E-state index contributed by atoms with van der Waals surface area (Å²) in [6.07, 6.45) is 0.620. The van der Waals surface area contributed by atoms with Crippen LogP contribution in [0.3, 0.4) is 0 Å². The van der Waals surface area contributed by atoms with Crippen molar-refractivity contribution in [2.75, 3.05) is 0 Å². The third-order valence-corrected chi connectivity index (χ3v) is 3.33. The molecule has 1 aliphatic heterocycles. The lowest BCUT2D eigenvalue weighted by Crippen LogP contribution is -2.20. The third-order valence-electron chi connectivity index (χ3n) is 3.33. The quantitative estimate of drug-likeness (QED) is 0.842. The zero-order valence-corrected chi connectivity index (χ0v) is 9.65. The highest BCUT2D eigenvalue weighted by Gasteiger charge is 2.32. The molecule has 1 N–H and O–H groups in total. The highest BCUT2D eigenvalue weighted by Crippen LogP contribution is 2.37. The van der Waals surface area contributed by atoms with Crippen molar-refractivity contribution in [3.63, 3.8) is 0 Å². The minimum Gasteiger partial charge on any atom is -0.271 e. The average Bonchev–Trinajstić information content (AvgIpc) is 2.81. The van der Waals surface area contributed by atoms with Gasteiger partial charge in [-0.15, -0.1) is 0 Å². The molecule has 0 fully saturated rings. The summed E-state index contributed by atoms with van der Waals surface area (Å²) in [6, 6.07) is 2.98. The van der Waals surface area contributed by atoms with Crippen molar-refractivity contribution in [2.45, 2.75) is 25.3 Å². The van der Waals surface area contributed by atoms with Crippen LogP contribution in [0.4, 0.5) is 8.78 Å². The van der Waals surface area contributed by atoms with Gasteiger partial charge in [-0.25, -0.2) is 18.7 Å². The van der Waals surface area contributed by atoms with Gasteiger partial charge in [-0.05, 0) is 24.1 Å². The maximum atomic E-state index is 13.2. The molecule has 3 rings (SSSR count). The minimum absolute atomic E-state index is 0.0836. The van der Waals surface area contributed by atoms with Gasteiger partial charge in [-0.2, -0.15) is 5.10 Å². The predicted octanol–water partition coefficient (Wildman–Crippen LogP) is 1.95. The molecule has 0 spiro atoms. The van der Waals surface area contributed by atoms with Crippen LogP contribution in [0, 0.1) is 11.6 Å². The molecule has 0 bridgehead atoms. The van der Waals surface area contributed by atoms with Crippen LogP contribution in [0.15, 0.2) is 23.0 Å². The maximum Gasteiger partial charge on any atom is 0.343 e. The van der Waals surface area contributed by atoms with Crippen molar-refractivity contribution in [3.8, 4) is 0 Å². The molecule has 2 aromatic rings. The van der Waals surface area contributed by atoms with E-state index in [9.17, 15) is 13.6 Å². The summed E-state index contributed by atoms with van der Waals surface area (Å²) in [5.41, 5.74) is 0.116. The number of halogens is 2. The topological polar surface area (TPSA) is 50.7 Å².